The van der Waals surface area contributed by atoms with Crippen LogP contribution in [0, 0.1) is 0 Å². The summed E-state index contributed by atoms with van der Waals surface area (Å²) in [5.74, 6) is 0.233. The van der Waals surface area contributed by atoms with Gasteiger partial charge in [0.25, 0.3) is 11.8 Å². The molecule has 8 nitrogen and oxygen atoms in total. The Balaban J connectivity index is 1.95. The summed E-state index contributed by atoms with van der Waals surface area (Å²) in [6, 6.07) is 6.09. The lowest BCUT2D eigenvalue weighted by Gasteiger charge is -2.11. The average molecular weight is 289 g/mol. The van der Waals surface area contributed by atoms with Gasteiger partial charge in [0, 0.05) is 5.56 Å². The number of benzene rings is 1. The van der Waals surface area contributed by atoms with Crippen LogP contribution in [0.2, 0.25) is 0 Å². The summed E-state index contributed by atoms with van der Waals surface area (Å²) in [6.07, 6.45) is 1.38. The van der Waals surface area contributed by atoms with Crippen LogP contribution in [-0.4, -0.2) is 33.6 Å². The molecule has 0 aliphatic carbocycles. The van der Waals surface area contributed by atoms with Gasteiger partial charge < -0.3 is 15.8 Å². The fraction of sp³-hybridized carbons (Fsp3) is 0.231. The Labute approximate surface area is 120 Å². The number of hydrogen-bond acceptors (Lipinski definition) is 5. The molecular weight excluding hydrogens is 274 g/mol. The summed E-state index contributed by atoms with van der Waals surface area (Å²) in [5.41, 5.74) is 5.44. The SMILES string of the molecule is CC(NC(=O)c1ccc(OCC(N)=O)cc1)c1ncn[nH]1. The molecule has 0 saturated heterocycles. The van der Waals surface area contributed by atoms with E-state index in [1.807, 2.05) is 0 Å². The van der Waals surface area contributed by atoms with Gasteiger partial charge in [0.05, 0.1) is 6.04 Å². The molecule has 21 heavy (non-hydrogen) atoms. The molecule has 2 amide bonds. The van der Waals surface area contributed by atoms with Gasteiger partial charge >= 0.3 is 0 Å². The molecule has 1 atom stereocenters. The van der Waals surface area contributed by atoms with Crippen LogP contribution in [0.1, 0.15) is 29.1 Å². The second kappa shape index (κ2) is 6.51. The van der Waals surface area contributed by atoms with Gasteiger partial charge in [-0.1, -0.05) is 0 Å². The van der Waals surface area contributed by atoms with Crippen LogP contribution in [0.15, 0.2) is 30.6 Å². The summed E-state index contributed by atoms with van der Waals surface area (Å²) in [6.45, 7) is 1.59. The lowest BCUT2D eigenvalue weighted by Crippen LogP contribution is -2.27. The highest BCUT2D eigenvalue weighted by Gasteiger charge is 2.13. The summed E-state index contributed by atoms with van der Waals surface area (Å²) < 4.78 is 5.11. The largest absolute Gasteiger partial charge is 0.484 e. The van der Waals surface area contributed by atoms with E-state index in [9.17, 15) is 9.59 Å². The van der Waals surface area contributed by atoms with Crippen molar-refractivity contribution >= 4 is 11.8 Å². The van der Waals surface area contributed by atoms with E-state index in [1.165, 1.54) is 6.33 Å². The number of carbonyl (C=O) groups excluding carboxylic acids is 2. The minimum Gasteiger partial charge on any atom is -0.484 e. The van der Waals surface area contributed by atoms with Crippen LogP contribution in [0.25, 0.3) is 0 Å². The molecule has 0 aliphatic rings. The molecule has 0 saturated carbocycles. The Kier molecular flexibility index (Phi) is 4.50. The van der Waals surface area contributed by atoms with Crippen LogP contribution in [0.5, 0.6) is 5.75 Å². The number of aromatic nitrogens is 3. The first-order valence-electron chi connectivity index (χ1n) is 6.23. The molecule has 0 radical (unpaired) electrons. The van der Waals surface area contributed by atoms with E-state index < -0.39 is 5.91 Å². The van der Waals surface area contributed by atoms with Gasteiger partial charge in [0.15, 0.2) is 6.61 Å². The van der Waals surface area contributed by atoms with E-state index in [0.717, 1.165) is 0 Å². The normalized spacial score (nSPS) is 11.7. The first-order valence-corrected chi connectivity index (χ1v) is 6.23. The first-order chi connectivity index (χ1) is 10.1. The monoisotopic (exact) mass is 289 g/mol. The van der Waals surface area contributed by atoms with Crippen LogP contribution in [-0.2, 0) is 4.79 Å². The summed E-state index contributed by atoms with van der Waals surface area (Å²) in [5, 5.41) is 9.20. The maximum absolute atomic E-state index is 12.0. The Bertz CT molecular complexity index is 609. The third kappa shape index (κ3) is 4.03. The summed E-state index contributed by atoms with van der Waals surface area (Å²) in [4.78, 5) is 26.6. The van der Waals surface area contributed by atoms with Gasteiger partial charge in [-0.3, -0.25) is 14.7 Å². The number of aromatic amines is 1. The van der Waals surface area contributed by atoms with Gasteiger partial charge in [-0.05, 0) is 31.2 Å². The summed E-state index contributed by atoms with van der Waals surface area (Å²) >= 11 is 0. The van der Waals surface area contributed by atoms with Gasteiger partial charge in [-0.25, -0.2) is 4.98 Å². The van der Waals surface area contributed by atoms with Crippen molar-refractivity contribution in [2.75, 3.05) is 6.61 Å². The smallest absolute Gasteiger partial charge is 0.255 e. The standard InChI is InChI=1S/C13H15N5O3/c1-8(12-15-7-16-18-12)17-13(20)9-2-4-10(5-3-9)21-6-11(14)19/h2-5,7-8H,6H2,1H3,(H2,14,19)(H,17,20)(H,15,16,18). The number of nitrogens with one attached hydrogen (secondary N) is 2. The highest BCUT2D eigenvalue weighted by Crippen LogP contribution is 2.13. The Hall–Kier alpha value is -2.90. The Morgan fingerprint density at radius 2 is 2.10 bits per heavy atom. The number of hydrogen-bond donors (Lipinski definition) is 3. The van der Waals surface area contributed by atoms with Crippen LogP contribution >= 0.6 is 0 Å². The molecule has 1 aromatic carbocycles. The van der Waals surface area contributed by atoms with Crippen molar-refractivity contribution in [2.24, 2.45) is 5.73 Å². The minimum atomic E-state index is -0.558. The van der Waals surface area contributed by atoms with E-state index in [-0.39, 0.29) is 18.6 Å². The van der Waals surface area contributed by atoms with Crippen molar-refractivity contribution in [1.29, 1.82) is 0 Å². The fourth-order valence-corrected chi connectivity index (χ4v) is 1.63. The maximum atomic E-state index is 12.0. The van der Waals surface area contributed by atoms with Crippen molar-refractivity contribution in [2.45, 2.75) is 13.0 Å². The molecule has 0 spiro atoms. The van der Waals surface area contributed by atoms with Gasteiger partial charge in [-0.15, -0.1) is 0 Å². The number of ether oxygens (including phenoxy) is 1. The van der Waals surface area contributed by atoms with Crippen molar-refractivity contribution in [1.82, 2.24) is 20.5 Å². The molecule has 110 valence electrons. The van der Waals surface area contributed by atoms with E-state index in [4.69, 9.17) is 10.5 Å². The minimum absolute atomic E-state index is 0.200. The molecule has 0 fully saturated rings. The molecule has 0 bridgehead atoms. The molecule has 2 rings (SSSR count). The number of primary amides is 1. The predicted molar refractivity (Wildman–Crippen MR) is 73.4 cm³/mol. The number of H-pyrrole nitrogens is 1. The van der Waals surface area contributed by atoms with Crippen molar-refractivity contribution < 1.29 is 14.3 Å². The fourth-order valence-electron chi connectivity index (χ4n) is 1.63. The topological polar surface area (TPSA) is 123 Å². The number of nitrogens with zero attached hydrogens (tertiary/aromatic N) is 2. The zero-order chi connectivity index (χ0) is 15.2. The molecule has 1 heterocycles. The van der Waals surface area contributed by atoms with E-state index in [1.54, 1.807) is 31.2 Å². The van der Waals surface area contributed by atoms with E-state index >= 15 is 0 Å². The highest BCUT2D eigenvalue weighted by atomic mass is 16.5. The van der Waals surface area contributed by atoms with E-state index in [2.05, 4.69) is 20.5 Å². The lowest BCUT2D eigenvalue weighted by atomic mass is 10.2. The Morgan fingerprint density at radius 3 is 2.67 bits per heavy atom. The maximum Gasteiger partial charge on any atom is 0.255 e. The average Bonchev–Trinajstić information content (AvgIpc) is 3.00. The molecule has 4 N–H and O–H groups in total. The van der Waals surface area contributed by atoms with Crippen LogP contribution in [0.3, 0.4) is 0 Å². The zero-order valence-electron chi connectivity index (χ0n) is 11.4. The molecule has 2 aromatic rings. The van der Waals surface area contributed by atoms with Crippen LogP contribution < -0.4 is 15.8 Å². The third-order valence-electron chi connectivity index (χ3n) is 2.69. The lowest BCUT2D eigenvalue weighted by molar-refractivity contribution is -0.119. The molecular formula is C13H15N5O3. The first kappa shape index (κ1) is 14.5. The number of amides is 2. The van der Waals surface area contributed by atoms with Crippen molar-refractivity contribution in [3.63, 3.8) is 0 Å². The third-order valence-corrected chi connectivity index (χ3v) is 2.69. The molecule has 1 unspecified atom stereocenters. The Morgan fingerprint density at radius 1 is 1.38 bits per heavy atom. The van der Waals surface area contributed by atoms with Gasteiger partial charge in [0.2, 0.25) is 0 Å². The van der Waals surface area contributed by atoms with Crippen LogP contribution in [0.4, 0.5) is 0 Å². The van der Waals surface area contributed by atoms with Crippen molar-refractivity contribution in [3.8, 4) is 5.75 Å². The predicted octanol–water partition coefficient (Wildman–Crippen LogP) is 0.160. The van der Waals surface area contributed by atoms with Gasteiger partial charge in [0.1, 0.15) is 17.9 Å². The molecule has 0 aliphatic heterocycles. The van der Waals surface area contributed by atoms with E-state index in [0.29, 0.717) is 17.1 Å². The highest BCUT2D eigenvalue weighted by molar-refractivity contribution is 5.94. The second-order valence-corrected chi connectivity index (χ2v) is 4.35. The number of carbonyl (C=O) groups is 2. The summed E-state index contributed by atoms with van der Waals surface area (Å²) in [7, 11) is 0. The van der Waals surface area contributed by atoms with Gasteiger partial charge in [-0.2, -0.15) is 5.10 Å². The number of rotatable bonds is 6. The zero-order valence-corrected chi connectivity index (χ0v) is 11.4. The quantitative estimate of drug-likeness (QED) is 0.699. The van der Waals surface area contributed by atoms with Crippen molar-refractivity contribution in [3.05, 3.63) is 42.0 Å². The molecule has 1 aromatic heterocycles. The second-order valence-electron chi connectivity index (χ2n) is 4.35. The number of nitrogens with two attached hydrogens (primary N) is 1. The molecule has 8 heteroatoms.